The molecule has 7 nitrogen and oxygen atoms in total. The Morgan fingerprint density at radius 1 is 1.27 bits per heavy atom. The Hall–Kier alpha value is -2.70. The van der Waals surface area contributed by atoms with Gasteiger partial charge >= 0.3 is 0 Å². The lowest BCUT2D eigenvalue weighted by atomic mass is 10.1. The lowest BCUT2D eigenvalue weighted by molar-refractivity contribution is -0.136. The highest BCUT2D eigenvalue weighted by Gasteiger charge is 2.24. The molecule has 2 aromatic rings. The Balaban J connectivity index is 1.56. The van der Waals surface area contributed by atoms with Crippen LogP contribution < -0.4 is 5.32 Å². The number of nitrogens with one attached hydrogen (secondary N) is 1. The van der Waals surface area contributed by atoms with Crippen molar-refractivity contribution in [2.45, 2.75) is 52.0 Å². The van der Waals surface area contributed by atoms with Crippen molar-refractivity contribution < 1.29 is 14.0 Å². The van der Waals surface area contributed by atoms with Crippen LogP contribution in [0, 0.1) is 0 Å². The Morgan fingerprint density at radius 2 is 2.04 bits per heavy atom. The van der Waals surface area contributed by atoms with Gasteiger partial charge in [0, 0.05) is 43.1 Å². The summed E-state index contributed by atoms with van der Waals surface area (Å²) in [4.78, 5) is 26.0. The molecule has 0 saturated carbocycles. The van der Waals surface area contributed by atoms with Gasteiger partial charge in [-0.1, -0.05) is 6.92 Å². The van der Waals surface area contributed by atoms with E-state index < -0.39 is 0 Å². The van der Waals surface area contributed by atoms with Gasteiger partial charge in [-0.25, -0.2) is 0 Å². The second kappa shape index (κ2) is 8.12. The van der Waals surface area contributed by atoms with Crippen molar-refractivity contribution in [1.82, 2.24) is 15.1 Å². The number of nitrogens with zero attached hydrogens (tertiary/aromatic N) is 3. The topological polar surface area (TPSA) is 88.3 Å². The van der Waals surface area contributed by atoms with Gasteiger partial charge in [-0.15, -0.1) is 10.2 Å². The molecule has 1 aliphatic heterocycles. The van der Waals surface area contributed by atoms with Gasteiger partial charge in [0.1, 0.15) is 0 Å². The number of anilines is 1. The molecule has 0 spiro atoms. The van der Waals surface area contributed by atoms with Gasteiger partial charge in [-0.05, 0) is 44.0 Å². The normalized spacial score (nSPS) is 15.8. The van der Waals surface area contributed by atoms with Crippen LogP contribution in [0.1, 0.15) is 45.4 Å². The second-order valence-corrected chi connectivity index (χ2v) is 6.58. The molecule has 1 aromatic heterocycles. The number of aromatic nitrogens is 2. The summed E-state index contributed by atoms with van der Waals surface area (Å²) >= 11 is 0. The van der Waals surface area contributed by atoms with Gasteiger partial charge in [0.2, 0.25) is 23.6 Å². The molecular weight excluding hydrogens is 332 g/mol. The average molecular weight is 356 g/mol. The quantitative estimate of drug-likeness (QED) is 0.859. The average Bonchev–Trinajstić information content (AvgIpc) is 3.11. The Labute approximate surface area is 152 Å². The number of amides is 2. The molecule has 7 heteroatoms. The van der Waals surface area contributed by atoms with E-state index in [4.69, 9.17) is 4.42 Å². The Kier molecular flexibility index (Phi) is 5.65. The van der Waals surface area contributed by atoms with Crippen LogP contribution in [-0.2, 0) is 16.0 Å². The molecule has 1 aliphatic rings. The lowest BCUT2D eigenvalue weighted by Crippen LogP contribution is -2.43. The molecule has 2 amide bonds. The summed E-state index contributed by atoms with van der Waals surface area (Å²) in [5, 5.41) is 10.8. The third-order valence-corrected chi connectivity index (χ3v) is 4.56. The zero-order valence-electron chi connectivity index (χ0n) is 15.2. The molecule has 1 atom stereocenters. The molecule has 1 saturated heterocycles. The summed E-state index contributed by atoms with van der Waals surface area (Å²) in [6.45, 7) is 4.62. The van der Waals surface area contributed by atoms with E-state index in [1.165, 1.54) is 0 Å². The molecule has 26 heavy (non-hydrogen) atoms. The minimum Gasteiger partial charge on any atom is -0.421 e. The number of likely N-dealkylation sites (tertiary alicyclic amines) is 1. The van der Waals surface area contributed by atoms with E-state index in [0.29, 0.717) is 30.3 Å². The largest absolute Gasteiger partial charge is 0.421 e. The molecule has 0 aliphatic carbocycles. The SMILES string of the molecule is CCc1nnc(-c2ccc(NC(=O)CC(C)N3CCCCC3=O)cc2)o1. The van der Waals surface area contributed by atoms with Gasteiger partial charge in [-0.3, -0.25) is 9.59 Å². The molecule has 0 radical (unpaired) electrons. The summed E-state index contributed by atoms with van der Waals surface area (Å²) in [7, 11) is 0. The van der Waals surface area contributed by atoms with E-state index in [-0.39, 0.29) is 24.3 Å². The second-order valence-electron chi connectivity index (χ2n) is 6.58. The molecule has 138 valence electrons. The van der Waals surface area contributed by atoms with E-state index in [9.17, 15) is 9.59 Å². The van der Waals surface area contributed by atoms with Gasteiger partial charge < -0.3 is 14.6 Å². The van der Waals surface area contributed by atoms with Crippen LogP contribution in [0.5, 0.6) is 0 Å². The highest BCUT2D eigenvalue weighted by atomic mass is 16.4. The van der Waals surface area contributed by atoms with Crippen molar-refractivity contribution >= 4 is 17.5 Å². The van der Waals surface area contributed by atoms with E-state index in [1.807, 2.05) is 30.9 Å². The first-order chi connectivity index (χ1) is 12.6. The predicted octanol–water partition coefficient (Wildman–Crippen LogP) is 3.03. The summed E-state index contributed by atoms with van der Waals surface area (Å²) in [5.41, 5.74) is 1.51. The number of benzene rings is 1. The summed E-state index contributed by atoms with van der Waals surface area (Å²) in [6, 6.07) is 7.19. The lowest BCUT2D eigenvalue weighted by Gasteiger charge is -2.32. The van der Waals surface area contributed by atoms with Crippen LogP contribution in [0.3, 0.4) is 0 Å². The maximum Gasteiger partial charge on any atom is 0.247 e. The number of rotatable bonds is 6. The highest BCUT2D eigenvalue weighted by molar-refractivity contribution is 5.91. The van der Waals surface area contributed by atoms with Gasteiger partial charge in [0.25, 0.3) is 0 Å². The van der Waals surface area contributed by atoms with Gasteiger partial charge in [0.05, 0.1) is 0 Å². The molecule has 1 N–H and O–H groups in total. The summed E-state index contributed by atoms with van der Waals surface area (Å²) in [6.07, 6.45) is 3.52. The number of hydrogen-bond donors (Lipinski definition) is 1. The molecule has 2 heterocycles. The van der Waals surface area contributed by atoms with Crippen molar-refractivity contribution in [1.29, 1.82) is 0 Å². The standard InChI is InChI=1S/C19H24N4O3/c1-3-17-21-22-19(26-17)14-7-9-15(10-8-14)20-16(24)12-13(2)23-11-5-4-6-18(23)25/h7-10,13H,3-6,11-12H2,1-2H3,(H,20,24). The first-order valence-electron chi connectivity index (χ1n) is 9.09. The highest BCUT2D eigenvalue weighted by Crippen LogP contribution is 2.21. The van der Waals surface area contributed by atoms with Crippen molar-refractivity contribution in [2.24, 2.45) is 0 Å². The van der Waals surface area contributed by atoms with Crippen LogP contribution in [0.25, 0.3) is 11.5 Å². The Morgan fingerprint density at radius 3 is 2.69 bits per heavy atom. The number of hydrogen-bond acceptors (Lipinski definition) is 5. The molecule has 1 unspecified atom stereocenters. The first-order valence-corrected chi connectivity index (χ1v) is 9.09. The molecule has 0 bridgehead atoms. The first kappa shape index (κ1) is 18.1. The van der Waals surface area contributed by atoms with Crippen LogP contribution >= 0.6 is 0 Å². The number of carbonyl (C=O) groups excluding carboxylic acids is 2. The molecule has 3 rings (SSSR count). The summed E-state index contributed by atoms with van der Waals surface area (Å²) in [5.74, 6) is 1.11. The molecular formula is C19H24N4O3. The fraction of sp³-hybridized carbons (Fsp3) is 0.474. The van der Waals surface area contributed by atoms with Crippen molar-refractivity contribution in [3.8, 4) is 11.5 Å². The Bertz CT molecular complexity index is 769. The van der Waals surface area contributed by atoms with Crippen LogP contribution in [0.15, 0.2) is 28.7 Å². The zero-order valence-corrected chi connectivity index (χ0v) is 15.2. The monoisotopic (exact) mass is 356 g/mol. The minimum atomic E-state index is -0.102. The van der Waals surface area contributed by atoms with Crippen molar-refractivity contribution in [2.75, 3.05) is 11.9 Å². The fourth-order valence-corrected chi connectivity index (χ4v) is 3.09. The zero-order chi connectivity index (χ0) is 18.5. The van der Waals surface area contributed by atoms with E-state index in [0.717, 1.165) is 24.9 Å². The molecule has 1 fully saturated rings. The molecule has 1 aromatic carbocycles. The number of piperidine rings is 1. The third-order valence-electron chi connectivity index (χ3n) is 4.56. The van der Waals surface area contributed by atoms with Crippen molar-refractivity contribution in [3.63, 3.8) is 0 Å². The minimum absolute atomic E-state index is 0.0899. The fourth-order valence-electron chi connectivity index (χ4n) is 3.09. The third kappa shape index (κ3) is 4.28. The van der Waals surface area contributed by atoms with Crippen LogP contribution in [0.2, 0.25) is 0 Å². The maximum atomic E-state index is 12.3. The van der Waals surface area contributed by atoms with Gasteiger partial charge in [-0.2, -0.15) is 0 Å². The number of carbonyl (C=O) groups is 2. The van der Waals surface area contributed by atoms with E-state index in [2.05, 4.69) is 15.5 Å². The van der Waals surface area contributed by atoms with Gasteiger partial charge in [0.15, 0.2) is 0 Å². The van der Waals surface area contributed by atoms with E-state index >= 15 is 0 Å². The predicted molar refractivity (Wildman–Crippen MR) is 97.4 cm³/mol. The van der Waals surface area contributed by atoms with Crippen LogP contribution in [0.4, 0.5) is 5.69 Å². The van der Waals surface area contributed by atoms with Crippen molar-refractivity contribution in [3.05, 3.63) is 30.2 Å². The summed E-state index contributed by atoms with van der Waals surface area (Å²) < 4.78 is 5.52. The van der Waals surface area contributed by atoms with E-state index in [1.54, 1.807) is 12.1 Å². The van der Waals surface area contributed by atoms with Crippen LogP contribution in [-0.4, -0.2) is 39.5 Å². The number of aryl methyl sites for hydroxylation is 1. The smallest absolute Gasteiger partial charge is 0.247 e. The maximum absolute atomic E-state index is 12.3.